The van der Waals surface area contributed by atoms with Crippen LogP contribution >= 0.6 is 0 Å². The highest BCUT2D eigenvalue weighted by Gasteiger charge is 2.21. The highest BCUT2D eigenvalue weighted by Crippen LogP contribution is 2.39. The lowest BCUT2D eigenvalue weighted by Gasteiger charge is -2.07. The molecule has 2 aliphatic rings. The van der Waals surface area contributed by atoms with E-state index in [0.29, 0.717) is 56.1 Å². The second kappa shape index (κ2) is 13.5. The van der Waals surface area contributed by atoms with E-state index in [1.165, 1.54) is 12.1 Å². The van der Waals surface area contributed by atoms with Crippen molar-refractivity contribution in [1.82, 2.24) is 19.9 Å². The van der Waals surface area contributed by atoms with Crippen molar-refractivity contribution in [1.29, 1.82) is 0 Å². The first-order chi connectivity index (χ1) is 27.2. The number of fused-ring (bicyclic) bond motifs is 8. The summed E-state index contributed by atoms with van der Waals surface area (Å²) in [4.78, 5) is 40.9. The molecule has 12 nitrogen and oxygen atoms in total. The molecule has 0 radical (unpaired) electrons. The number of rotatable bonds is 6. The molecule has 270 valence electrons. The predicted octanol–water partition coefficient (Wildman–Crippen LogP) is 8.79. The Morgan fingerprint density at radius 2 is 0.821 bits per heavy atom. The Morgan fingerprint density at radius 3 is 1.21 bits per heavy atom. The fourth-order valence-electron chi connectivity index (χ4n) is 7.31. The lowest BCUT2D eigenvalue weighted by Crippen LogP contribution is -2.25. The first kappa shape index (κ1) is 33.9. The molecular weight excluding hydrogens is 705 g/mol. The fourth-order valence-corrected chi connectivity index (χ4v) is 7.31. The summed E-state index contributed by atoms with van der Waals surface area (Å²) < 4.78 is 3.91. The monoisotopic (exact) mass is 736 g/mol. The maximum absolute atomic E-state index is 12.0. The second-order valence-corrected chi connectivity index (χ2v) is 13.6. The molecule has 0 spiro atoms. The summed E-state index contributed by atoms with van der Waals surface area (Å²) in [5.41, 5.74) is 11.6. The Hall–Kier alpha value is -7.86. The van der Waals surface area contributed by atoms with E-state index in [2.05, 4.69) is 9.97 Å². The average molecular weight is 737 g/mol. The highest BCUT2D eigenvalue weighted by atomic mass is 16.6. The van der Waals surface area contributed by atoms with E-state index < -0.39 is 9.85 Å². The van der Waals surface area contributed by atoms with Crippen LogP contribution in [-0.2, 0) is 14.1 Å². The van der Waals surface area contributed by atoms with Crippen LogP contribution in [0, 0.1) is 20.2 Å². The molecule has 0 amide bonds. The molecule has 0 aliphatic carbocycles. The molecule has 7 aromatic rings. The highest BCUT2D eigenvalue weighted by molar-refractivity contribution is 6.00. The molecule has 9 rings (SSSR count). The number of non-ortho nitro benzene ring substituents is 2. The number of nitro benzene ring substituents is 2. The lowest BCUT2D eigenvalue weighted by molar-refractivity contribution is -0.671. The molecule has 2 aliphatic heterocycles. The third-order valence-electron chi connectivity index (χ3n) is 9.98. The van der Waals surface area contributed by atoms with E-state index >= 15 is 0 Å². The van der Waals surface area contributed by atoms with Crippen molar-refractivity contribution in [3.63, 3.8) is 0 Å². The van der Waals surface area contributed by atoms with Gasteiger partial charge in [-0.3, -0.25) is 20.2 Å². The largest absolute Gasteiger partial charge is 0.354 e. The predicted molar refractivity (Wildman–Crippen MR) is 216 cm³/mol. The Balaban J connectivity index is 1.47. The summed E-state index contributed by atoms with van der Waals surface area (Å²) >= 11 is 0. The molecule has 0 saturated heterocycles. The summed E-state index contributed by atoms with van der Waals surface area (Å²) in [6, 6.07) is 29.2. The van der Waals surface area contributed by atoms with Crippen LogP contribution in [-0.4, -0.2) is 29.8 Å². The summed E-state index contributed by atoms with van der Waals surface area (Å²) in [5, 5.41) is 23.9. The number of hydrogen-bond acceptors (Lipinski definition) is 6. The number of nitrogens with one attached hydrogen (secondary N) is 2. The Bertz CT molecular complexity index is 2840. The fraction of sp³-hybridized carbons (Fsp3) is 0.0455. The molecule has 7 heterocycles. The van der Waals surface area contributed by atoms with Crippen molar-refractivity contribution >= 4 is 57.7 Å². The van der Waals surface area contributed by atoms with Gasteiger partial charge in [0.2, 0.25) is 0 Å². The second-order valence-electron chi connectivity index (χ2n) is 13.6. The van der Waals surface area contributed by atoms with Crippen LogP contribution in [0.5, 0.6) is 0 Å². The quantitative estimate of drug-likeness (QED) is 0.0989. The van der Waals surface area contributed by atoms with Crippen LogP contribution in [0.25, 0.3) is 90.9 Å². The number of hydrogen-bond donors (Lipinski definition) is 2. The van der Waals surface area contributed by atoms with Gasteiger partial charge in [0.25, 0.3) is 11.4 Å². The minimum Gasteiger partial charge on any atom is -0.354 e. The first-order valence-electron chi connectivity index (χ1n) is 17.8. The smallest absolute Gasteiger partial charge is 0.270 e. The van der Waals surface area contributed by atoms with Crippen molar-refractivity contribution < 1.29 is 19.0 Å². The molecule has 2 N–H and O–H groups in total. The van der Waals surface area contributed by atoms with Crippen molar-refractivity contribution in [3.05, 3.63) is 165 Å². The van der Waals surface area contributed by atoms with Gasteiger partial charge in [-0.1, -0.05) is 24.3 Å². The number of benzene rings is 2. The van der Waals surface area contributed by atoms with Gasteiger partial charge < -0.3 is 9.97 Å². The van der Waals surface area contributed by atoms with Crippen LogP contribution in [0.15, 0.2) is 122 Å². The zero-order valence-electron chi connectivity index (χ0n) is 30.2. The van der Waals surface area contributed by atoms with Crippen molar-refractivity contribution in [3.8, 4) is 44.5 Å². The number of nitro groups is 2. The molecule has 0 saturated carbocycles. The third-order valence-corrected chi connectivity index (χ3v) is 9.98. The normalized spacial score (nSPS) is 11.9. The van der Waals surface area contributed by atoms with Gasteiger partial charge in [0, 0.05) is 92.9 Å². The van der Waals surface area contributed by atoms with Crippen LogP contribution in [0.4, 0.5) is 11.4 Å². The van der Waals surface area contributed by atoms with Crippen LogP contribution in [0.2, 0.25) is 0 Å². The van der Waals surface area contributed by atoms with Crippen molar-refractivity contribution in [2.75, 3.05) is 0 Å². The number of H-pyrrole nitrogens is 2. The van der Waals surface area contributed by atoms with Gasteiger partial charge in [0.1, 0.15) is 14.1 Å². The van der Waals surface area contributed by atoms with Crippen LogP contribution in [0.3, 0.4) is 0 Å². The van der Waals surface area contributed by atoms with E-state index in [4.69, 9.17) is 9.97 Å². The number of aromatic amines is 2. The van der Waals surface area contributed by atoms with E-state index in [-0.39, 0.29) is 11.4 Å². The summed E-state index contributed by atoms with van der Waals surface area (Å²) in [6.45, 7) is 0. The van der Waals surface area contributed by atoms with Crippen LogP contribution in [0.1, 0.15) is 22.8 Å². The van der Waals surface area contributed by atoms with Gasteiger partial charge in [-0.15, -0.1) is 0 Å². The van der Waals surface area contributed by atoms with E-state index in [1.807, 2.05) is 133 Å². The van der Waals surface area contributed by atoms with E-state index in [1.54, 1.807) is 24.3 Å². The van der Waals surface area contributed by atoms with Gasteiger partial charge in [-0.25, -0.2) is 19.1 Å². The van der Waals surface area contributed by atoms with E-state index in [9.17, 15) is 20.2 Å². The molecule has 8 bridgehead atoms. The Kier molecular flexibility index (Phi) is 8.20. The number of pyridine rings is 2. The van der Waals surface area contributed by atoms with Gasteiger partial charge >= 0.3 is 0 Å². The maximum atomic E-state index is 12.0. The molecule has 0 atom stereocenters. The van der Waals surface area contributed by atoms with Gasteiger partial charge in [-0.05, 0) is 70.8 Å². The summed E-state index contributed by atoms with van der Waals surface area (Å²) in [7, 11) is 3.90. The van der Waals surface area contributed by atoms with Crippen LogP contribution < -0.4 is 9.13 Å². The molecule has 2 aromatic carbocycles. The Labute approximate surface area is 319 Å². The average Bonchev–Trinajstić information content (AvgIpc) is 4.04. The van der Waals surface area contributed by atoms with Gasteiger partial charge in [0.15, 0.2) is 24.8 Å². The van der Waals surface area contributed by atoms with Crippen molar-refractivity contribution in [2.45, 2.75) is 0 Å². The number of aryl methyl sites for hydroxylation is 2. The molecule has 0 unspecified atom stereocenters. The number of nitrogens with zero attached hydrogens (tertiary/aromatic N) is 6. The minimum atomic E-state index is -0.396. The zero-order valence-corrected chi connectivity index (χ0v) is 30.2. The minimum absolute atomic E-state index is 0.0299. The summed E-state index contributed by atoms with van der Waals surface area (Å²) in [6.07, 6.45) is 15.6. The summed E-state index contributed by atoms with van der Waals surface area (Å²) in [5.74, 6) is 0. The molecular formula is C44H32N8O4+2. The third kappa shape index (κ3) is 6.10. The van der Waals surface area contributed by atoms with Crippen molar-refractivity contribution in [2.24, 2.45) is 14.1 Å². The number of aromatic nitrogens is 6. The SMILES string of the molecule is C[n+]1ccc(-c2c3nc(c(-c4cccc([N+](=O)[O-])c4)c4ccc([nH]4)c(-c4cc[n+](C)cc4)c4ccc([nH]4)c(-c4cccc([N+](=O)[O-])c4)c4nc2C=C4)C=C3)cc1. The first-order valence-corrected chi connectivity index (χ1v) is 17.8. The maximum Gasteiger partial charge on any atom is 0.270 e. The molecule has 0 fully saturated rings. The van der Waals surface area contributed by atoms with E-state index in [0.717, 1.165) is 33.3 Å². The molecule has 5 aromatic heterocycles. The van der Waals surface area contributed by atoms with Gasteiger partial charge in [0.05, 0.1) is 32.6 Å². The standard InChI is InChI=1S/C44H31N8O4/c1-49-21-17-27(18-22-49)41-33-9-13-37(45-33)43(29-5-3-7-31(25-29)51(53)54)39-15-11-35(47-39)42(28-19-23-50(2)24-20-28)36-12-16-40(48-36)44(38-14-10-34(41)46-38)30-6-4-8-32(26-30)52(55)56/h3-26H,1-2H3,(H,45,46,47,48)/q+1/p+1. The topological polar surface area (TPSA) is 151 Å². The lowest BCUT2D eigenvalue weighted by atomic mass is 10.0. The molecule has 12 heteroatoms. The van der Waals surface area contributed by atoms with Gasteiger partial charge in [-0.2, -0.15) is 0 Å². The molecule has 56 heavy (non-hydrogen) atoms. The Morgan fingerprint density at radius 1 is 0.464 bits per heavy atom. The zero-order chi connectivity index (χ0) is 38.5.